The maximum absolute atomic E-state index is 2.44. The van der Waals surface area contributed by atoms with E-state index in [1.165, 1.54) is 12.8 Å². The van der Waals surface area contributed by atoms with Crippen LogP contribution in [0.2, 0.25) is 0 Å². The van der Waals surface area contributed by atoms with Gasteiger partial charge in [0, 0.05) is 0 Å². The van der Waals surface area contributed by atoms with E-state index in [4.69, 9.17) is 0 Å². The van der Waals surface area contributed by atoms with Crippen LogP contribution in [0.4, 0.5) is 0 Å². The molecule has 0 nitrogen and oxygen atoms in total. The molecule has 3 aliphatic rings. The smallest absolute Gasteiger partial charge is 0.0295 e. The van der Waals surface area contributed by atoms with E-state index in [9.17, 15) is 0 Å². The number of hydrogen-bond donors (Lipinski definition) is 0. The summed E-state index contributed by atoms with van der Waals surface area (Å²) >= 11 is 0. The summed E-state index contributed by atoms with van der Waals surface area (Å²) in [6.45, 7) is 7.30. The first-order valence-corrected chi connectivity index (χ1v) is 4.12. The van der Waals surface area contributed by atoms with Crippen molar-refractivity contribution in [2.24, 2.45) is 23.2 Å². The third-order valence-corrected chi connectivity index (χ3v) is 3.89. The second-order valence-electron chi connectivity index (χ2n) is 4.57. The predicted molar refractivity (Wildman–Crippen MR) is 39.2 cm³/mol. The highest BCUT2D eigenvalue weighted by molar-refractivity contribution is 5.05. The minimum atomic E-state index is 0.722. The zero-order valence-corrected chi connectivity index (χ0v) is 6.65. The number of rotatable bonds is 0. The first kappa shape index (κ1) is 5.76. The highest BCUT2D eigenvalue weighted by Gasteiger charge is 2.56. The van der Waals surface area contributed by atoms with Crippen molar-refractivity contribution in [3.8, 4) is 0 Å². The van der Waals surface area contributed by atoms with Crippen molar-refractivity contribution < 1.29 is 0 Å². The molecule has 9 heavy (non-hydrogen) atoms. The van der Waals surface area contributed by atoms with Gasteiger partial charge in [0.2, 0.25) is 0 Å². The van der Waals surface area contributed by atoms with Crippen LogP contribution >= 0.6 is 0 Å². The van der Waals surface area contributed by atoms with Gasteiger partial charge in [0.1, 0.15) is 0 Å². The predicted octanol–water partition coefficient (Wildman–Crippen LogP) is 2.69. The van der Waals surface area contributed by atoms with E-state index in [0.29, 0.717) is 0 Å². The van der Waals surface area contributed by atoms with Crippen LogP contribution in [0.3, 0.4) is 0 Å². The van der Waals surface area contributed by atoms with Gasteiger partial charge in [-0.05, 0) is 36.0 Å². The van der Waals surface area contributed by atoms with Crippen molar-refractivity contribution in [2.75, 3.05) is 0 Å². The lowest BCUT2D eigenvalue weighted by atomic mass is 9.60. The molecule has 3 unspecified atom stereocenters. The quantitative estimate of drug-likeness (QED) is 0.465. The van der Waals surface area contributed by atoms with Crippen molar-refractivity contribution >= 4 is 0 Å². The molecule has 0 amide bonds. The fourth-order valence-corrected chi connectivity index (χ4v) is 3.03. The SMILES string of the molecule is CC1CC2CC1C2(C)C. The Balaban J connectivity index is 2.22. The van der Waals surface area contributed by atoms with E-state index in [1.807, 2.05) is 0 Å². The molecule has 0 heteroatoms. The lowest BCUT2D eigenvalue weighted by Gasteiger charge is -2.45. The van der Waals surface area contributed by atoms with E-state index in [1.54, 1.807) is 0 Å². The topological polar surface area (TPSA) is 0 Å². The molecule has 3 rings (SSSR count). The minimum Gasteiger partial charge on any atom is -0.0622 e. The molecule has 52 valence electrons. The molecule has 3 aliphatic carbocycles. The van der Waals surface area contributed by atoms with Gasteiger partial charge in [-0.25, -0.2) is 0 Å². The average molecular weight is 124 g/mol. The van der Waals surface area contributed by atoms with E-state index < -0.39 is 0 Å². The fourth-order valence-electron chi connectivity index (χ4n) is 3.03. The summed E-state index contributed by atoms with van der Waals surface area (Å²) in [5, 5.41) is 0. The maximum atomic E-state index is 2.44. The monoisotopic (exact) mass is 124 g/mol. The second kappa shape index (κ2) is 1.36. The lowest BCUT2D eigenvalue weighted by Crippen LogP contribution is -2.37. The molecular formula is C9H16. The lowest BCUT2D eigenvalue weighted by molar-refractivity contribution is 0.0410. The summed E-state index contributed by atoms with van der Waals surface area (Å²) in [7, 11) is 0. The second-order valence-corrected chi connectivity index (χ2v) is 4.57. The van der Waals surface area contributed by atoms with E-state index in [2.05, 4.69) is 20.8 Å². The van der Waals surface area contributed by atoms with Crippen LogP contribution in [0, 0.1) is 23.2 Å². The van der Waals surface area contributed by atoms with Crippen molar-refractivity contribution in [1.29, 1.82) is 0 Å². The fraction of sp³-hybridized carbons (Fsp3) is 1.00. The molecule has 3 fully saturated rings. The van der Waals surface area contributed by atoms with E-state index in [-0.39, 0.29) is 0 Å². The van der Waals surface area contributed by atoms with Crippen LogP contribution in [0.5, 0.6) is 0 Å². The molecule has 0 spiro atoms. The number of fused-ring (bicyclic) bond motifs is 1. The zero-order valence-electron chi connectivity index (χ0n) is 6.65. The summed E-state index contributed by atoms with van der Waals surface area (Å²) in [6, 6.07) is 0. The van der Waals surface area contributed by atoms with Gasteiger partial charge in [-0.1, -0.05) is 20.8 Å². The van der Waals surface area contributed by atoms with Crippen molar-refractivity contribution in [3.05, 3.63) is 0 Å². The van der Waals surface area contributed by atoms with Crippen molar-refractivity contribution in [3.63, 3.8) is 0 Å². The molecule has 0 aromatic carbocycles. The van der Waals surface area contributed by atoms with Gasteiger partial charge in [0.25, 0.3) is 0 Å². The van der Waals surface area contributed by atoms with Crippen LogP contribution in [-0.4, -0.2) is 0 Å². The van der Waals surface area contributed by atoms with Gasteiger partial charge < -0.3 is 0 Å². The molecule has 3 saturated carbocycles. The Kier molecular flexibility index (Phi) is 0.868. The van der Waals surface area contributed by atoms with Gasteiger partial charge in [-0.3, -0.25) is 0 Å². The molecule has 0 saturated heterocycles. The van der Waals surface area contributed by atoms with Crippen LogP contribution in [0.1, 0.15) is 33.6 Å². The Morgan fingerprint density at radius 2 is 1.89 bits per heavy atom. The van der Waals surface area contributed by atoms with Gasteiger partial charge in [-0.2, -0.15) is 0 Å². The maximum Gasteiger partial charge on any atom is -0.0295 e. The standard InChI is InChI=1S/C9H16/c1-6-4-7-5-8(6)9(7,2)3/h6-8H,4-5H2,1-3H3. The van der Waals surface area contributed by atoms with Crippen LogP contribution in [0.25, 0.3) is 0 Å². The molecular weight excluding hydrogens is 108 g/mol. The van der Waals surface area contributed by atoms with Crippen LogP contribution in [0.15, 0.2) is 0 Å². The third-order valence-electron chi connectivity index (χ3n) is 3.89. The Labute approximate surface area is 57.6 Å². The van der Waals surface area contributed by atoms with E-state index >= 15 is 0 Å². The summed E-state index contributed by atoms with van der Waals surface area (Å²) in [6.07, 6.45) is 3.05. The van der Waals surface area contributed by atoms with Crippen LogP contribution < -0.4 is 0 Å². The normalized spacial score (nSPS) is 53.0. The Morgan fingerprint density at radius 1 is 1.22 bits per heavy atom. The number of hydrogen-bond acceptors (Lipinski definition) is 0. The molecule has 3 atom stereocenters. The van der Waals surface area contributed by atoms with Crippen molar-refractivity contribution in [1.82, 2.24) is 0 Å². The molecule has 0 aliphatic heterocycles. The van der Waals surface area contributed by atoms with Gasteiger partial charge in [-0.15, -0.1) is 0 Å². The Hall–Kier alpha value is 0. The Bertz CT molecular complexity index is 135. The van der Waals surface area contributed by atoms with Gasteiger partial charge in [0.15, 0.2) is 0 Å². The average Bonchev–Trinajstić information content (AvgIpc) is 2.20. The van der Waals surface area contributed by atoms with Gasteiger partial charge >= 0.3 is 0 Å². The van der Waals surface area contributed by atoms with E-state index in [0.717, 1.165) is 23.2 Å². The first-order chi connectivity index (χ1) is 4.12. The molecule has 0 heterocycles. The van der Waals surface area contributed by atoms with Crippen molar-refractivity contribution in [2.45, 2.75) is 33.6 Å². The summed E-state index contributed by atoms with van der Waals surface area (Å²) < 4.78 is 0. The highest BCUT2D eigenvalue weighted by atomic mass is 14.6. The molecule has 2 bridgehead atoms. The Morgan fingerprint density at radius 3 is 2.00 bits per heavy atom. The molecule has 0 N–H and O–H groups in total. The minimum absolute atomic E-state index is 0.722. The first-order valence-electron chi connectivity index (χ1n) is 4.12. The molecule has 0 radical (unpaired) electrons. The largest absolute Gasteiger partial charge is 0.0622 e. The van der Waals surface area contributed by atoms with Crippen LogP contribution in [-0.2, 0) is 0 Å². The summed E-state index contributed by atoms with van der Waals surface area (Å²) in [5.74, 6) is 3.19. The third kappa shape index (κ3) is 0.500. The summed E-state index contributed by atoms with van der Waals surface area (Å²) in [4.78, 5) is 0. The summed E-state index contributed by atoms with van der Waals surface area (Å²) in [5.41, 5.74) is 0.722. The highest BCUT2D eigenvalue weighted by Crippen LogP contribution is 2.64. The van der Waals surface area contributed by atoms with Gasteiger partial charge in [0.05, 0.1) is 0 Å². The zero-order chi connectivity index (χ0) is 6.65. The molecule has 0 aromatic rings. The molecule has 0 aromatic heterocycles.